The van der Waals surface area contributed by atoms with E-state index in [0.717, 1.165) is 51.4 Å². The predicted octanol–water partition coefficient (Wildman–Crippen LogP) is 11.7. The molecule has 1 aliphatic rings. The minimum atomic E-state index is -1.67. The first-order chi connectivity index (χ1) is 33.2. The average Bonchev–Trinajstić information content (AvgIpc) is 3.34. The first kappa shape index (κ1) is 64.6. The lowest BCUT2D eigenvalue weighted by molar-refractivity contribution is -0.303. The molecule has 1 heterocycles. The zero-order valence-electron chi connectivity index (χ0n) is 43.9. The first-order valence-electron chi connectivity index (χ1n) is 28.7. The van der Waals surface area contributed by atoms with Gasteiger partial charge in [0.2, 0.25) is 5.91 Å². The van der Waals surface area contributed by atoms with E-state index in [-0.39, 0.29) is 12.8 Å². The van der Waals surface area contributed by atoms with Crippen LogP contribution >= 0.6 is 0 Å². The molecular weight excluding hydrogens is 859 g/mol. The number of rotatable bonds is 49. The van der Waals surface area contributed by atoms with Crippen molar-refractivity contribution in [2.45, 2.75) is 319 Å². The van der Waals surface area contributed by atoms with Crippen LogP contribution in [0.1, 0.15) is 264 Å². The van der Waals surface area contributed by atoms with Gasteiger partial charge in [0.1, 0.15) is 36.6 Å². The van der Waals surface area contributed by atoms with Gasteiger partial charge in [-0.15, -0.1) is 0 Å². The number of nitrogens with one attached hydrogen (secondary N) is 1. The summed E-state index contributed by atoms with van der Waals surface area (Å²) in [6.45, 7) is 3.45. The molecule has 0 aromatic heterocycles. The maximum atomic E-state index is 13.1. The van der Waals surface area contributed by atoms with Gasteiger partial charge in [0, 0.05) is 0 Å². The van der Waals surface area contributed by atoms with E-state index < -0.39 is 74.2 Å². The summed E-state index contributed by atoms with van der Waals surface area (Å²) in [6, 6.07) is -1.19. The van der Waals surface area contributed by atoms with E-state index in [1.807, 2.05) is 0 Å². The monoisotopic (exact) mass is 968 g/mol. The molecule has 0 radical (unpaired) electrons. The highest BCUT2D eigenvalue weighted by atomic mass is 16.7. The second-order valence-corrected chi connectivity index (χ2v) is 20.4. The third-order valence-electron chi connectivity index (χ3n) is 14.0. The molecular formula is C57H109NO10. The smallest absolute Gasteiger partial charge is 0.249 e. The van der Waals surface area contributed by atoms with Crippen molar-refractivity contribution in [3.05, 3.63) is 24.3 Å². The van der Waals surface area contributed by atoms with Crippen LogP contribution in [0.4, 0.5) is 0 Å². The van der Waals surface area contributed by atoms with Gasteiger partial charge >= 0.3 is 0 Å². The Bertz CT molecular complexity index is 1160. The molecule has 0 aromatic rings. The van der Waals surface area contributed by atoms with Crippen molar-refractivity contribution >= 4 is 5.91 Å². The number of allylic oxidation sites excluding steroid dienone is 4. The van der Waals surface area contributed by atoms with Gasteiger partial charge in [-0.3, -0.25) is 4.79 Å². The molecule has 1 rings (SSSR count). The third kappa shape index (κ3) is 34.8. The van der Waals surface area contributed by atoms with Gasteiger partial charge in [-0.05, 0) is 64.2 Å². The second-order valence-electron chi connectivity index (χ2n) is 20.4. The molecule has 68 heavy (non-hydrogen) atoms. The van der Waals surface area contributed by atoms with Crippen LogP contribution in [0.25, 0.3) is 0 Å². The molecule has 8 N–H and O–H groups in total. The number of carbonyl (C=O) groups excluding carboxylic acids is 1. The van der Waals surface area contributed by atoms with Gasteiger partial charge in [-0.25, -0.2) is 0 Å². The minimum absolute atomic E-state index is 0.241. The number of hydrogen-bond donors (Lipinski definition) is 8. The van der Waals surface area contributed by atoms with Crippen LogP contribution in [0.3, 0.4) is 0 Å². The highest BCUT2D eigenvalue weighted by molar-refractivity contribution is 5.80. The molecule has 11 nitrogen and oxygen atoms in total. The van der Waals surface area contributed by atoms with E-state index in [1.54, 1.807) is 0 Å². The molecule has 1 fully saturated rings. The zero-order valence-corrected chi connectivity index (χ0v) is 43.9. The Balaban J connectivity index is 2.31. The number of aliphatic hydroxyl groups excluding tert-OH is 7. The Labute approximate surface area is 416 Å². The lowest BCUT2D eigenvalue weighted by atomic mass is 9.98. The predicted molar refractivity (Wildman–Crippen MR) is 279 cm³/mol. The highest BCUT2D eigenvalue weighted by Gasteiger charge is 2.44. The topological polar surface area (TPSA) is 189 Å². The van der Waals surface area contributed by atoms with Crippen LogP contribution in [0, 0.1) is 0 Å². The van der Waals surface area contributed by atoms with Crippen molar-refractivity contribution in [2.75, 3.05) is 13.2 Å². The summed E-state index contributed by atoms with van der Waals surface area (Å²) in [5.74, 6) is -0.713. The Hall–Kier alpha value is -1.41. The number of carbonyl (C=O) groups is 1. The van der Waals surface area contributed by atoms with E-state index >= 15 is 0 Å². The highest BCUT2D eigenvalue weighted by Crippen LogP contribution is 2.23. The lowest BCUT2D eigenvalue weighted by Crippen LogP contribution is -2.60. The Kier molecular flexibility index (Phi) is 44.3. The number of ether oxygens (including phenoxy) is 2. The van der Waals surface area contributed by atoms with E-state index in [0.29, 0.717) is 12.8 Å². The van der Waals surface area contributed by atoms with Crippen LogP contribution in [-0.4, -0.2) is 110 Å². The van der Waals surface area contributed by atoms with Gasteiger partial charge in [-0.1, -0.05) is 224 Å². The first-order valence-corrected chi connectivity index (χ1v) is 28.7. The molecule has 11 heteroatoms. The molecule has 0 saturated carbocycles. The summed E-state index contributed by atoms with van der Waals surface area (Å²) >= 11 is 0. The fourth-order valence-corrected chi connectivity index (χ4v) is 9.26. The zero-order chi connectivity index (χ0) is 49.7. The number of hydrogen-bond acceptors (Lipinski definition) is 10. The van der Waals surface area contributed by atoms with Crippen LogP contribution in [0.5, 0.6) is 0 Å². The van der Waals surface area contributed by atoms with Gasteiger partial charge in [0.05, 0.1) is 25.4 Å². The summed E-state index contributed by atoms with van der Waals surface area (Å²) < 4.78 is 11.1. The Morgan fingerprint density at radius 3 is 1.26 bits per heavy atom. The van der Waals surface area contributed by atoms with Crippen LogP contribution in [-0.2, 0) is 14.3 Å². The molecule has 0 bridgehead atoms. The fraction of sp³-hybridized carbons (Fsp3) is 0.912. The fourth-order valence-electron chi connectivity index (χ4n) is 9.26. The molecule has 0 aliphatic carbocycles. The summed E-state index contributed by atoms with van der Waals surface area (Å²) in [6.07, 6.45) is 43.9. The van der Waals surface area contributed by atoms with Crippen molar-refractivity contribution < 1.29 is 50.0 Å². The van der Waals surface area contributed by atoms with Crippen LogP contribution in [0.15, 0.2) is 24.3 Å². The minimum Gasteiger partial charge on any atom is -0.394 e. The molecule has 1 amide bonds. The maximum absolute atomic E-state index is 13.1. The molecule has 0 aromatic carbocycles. The summed E-state index contributed by atoms with van der Waals surface area (Å²) in [4.78, 5) is 13.1. The molecule has 9 atom stereocenters. The van der Waals surface area contributed by atoms with Crippen molar-refractivity contribution in [1.82, 2.24) is 5.32 Å². The third-order valence-corrected chi connectivity index (χ3v) is 14.0. The molecule has 402 valence electrons. The number of aliphatic hydroxyl groups is 7. The second kappa shape index (κ2) is 46.6. The van der Waals surface area contributed by atoms with E-state index in [2.05, 4.69) is 43.5 Å². The van der Waals surface area contributed by atoms with Crippen LogP contribution < -0.4 is 5.32 Å². The summed E-state index contributed by atoms with van der Waals surface area (Å²) in [5, 5.41) is 76.0. The Morgan fingerprint density at radius 1 is 0.500 bits per heavy atom. The molecule has 1 saturated heterocycles. The maximum Gasteiger partial charge on any atom is 0.249 e. The summed E-state index contributed by atoms with van der Waals surface area (Å²) in [7, 11) is 0. The summed E-state index contributed by atoms with van der Waals surface area (Å²) in [5.41, 5.74) is 0. The Morgan fingerprint density at radius 2 is 0.868 bits per heavy atom. The quantitative estimate of drug-likeness (QED) is 0.0215. The average molecular weight is 968 g/mol. The largest absolute Gasteiger partial charge is 0.394 e. The molecule has 1 aliphatic heterocycles. The molecule has 0 spiro atoms. The number of unbranched alkanes of at least 4 members (excludes halogenated alkanes) is 33. The van der Waals surface area contributed by atoms with Gasteiger partial charge in [-0.2, -0.15) is 0 Å². The van der Waals surface area contributed by atoms with Crippen molar-refractivity contribution in [1.29, 1.82) is 0 Å². The van der Waals surface area contributed by atoms with Crippen molar-refractivity contribution in [3.63, 3.8) is 0 Å². The van der Waals surface area contributed by atoms with Gasteiger partial charge in [0.15, 0.2) is 6.29 Å². The normalized spacial score (nSPS) is 20.6. The number of amides is 1. The van der Waals surface area contributed by atoms with E-state index in [1.165, 1.54) is 173 Å². The van der Waals surface area contributed by atoms with Gasteiger partial charge < -0.3 is 50.5 Å². The standard InChI is InChI=1S/C57H109NO10/c1-3-5-7-9-11-13-15-17-19-20-21-22-23-24-25-26-27-28-29-31-32-34-36-38-40-42-44-49(60)52(62)48(47-67-57-55(65)54(64)53(63)51(46-59)68-57)58-56(66)50(61)45-43-41-39-37-35-33-30-18-16-14-12-10-8-6-4-2/h30,33,36,38,48-55,57,59-65H,3-29,31-32,34-35,37,39-47H2,1-2H3,(H,58,66)/b33-30-,38-36+. The van der Waals surface area contributed by atoms with Crippen molar-refractivity contribution in [2.24, 2.45) is 0 Å². The van der Waals surface area contributed by atoms with E-state index in [9.17, 15) is 40.5 Å². The van der Waals surface area contributed by atoms with Crippen molar-refractivity contribution in [3.8, 4) is 0 Å². The van der Waals surface area contributed by atoms with Gasteiger partial charge in [0.25, 0.3) is 0 Å². The van der Waals surface area contributed by atoms with E-state index in [4.69, 9.17) is 9.47 Å². The SMILES string of the molecule is CCCCCCCCC/C=C\CCCCCCC(O)C(=O)NC(COC1OC(CO)C(O)C(O)C1O)C(O)C(O)CCC/C=C/CCCCCCCCCCCCCCCCCCCCCCC. The lowest BCUT2D eigenvalue weighted by Gasteiger charge is -2.40. The molecule has 9 unspecified atom stereocenters. The van der Waals surface area contributed by atoms with Crippen LogP contribution in [0.2, 0.25) is 0 Å².